The average Bonchev–Trinajstić information content (AvgIpc) is 2.77. The van der Waals surface area contributed by atoms with Crippen molar-refractivity contribution in [1.82, 2.24) is 5.32 Å². The Morgan fingerprint density at radius 2 is 1.57 bits per heavy atom. The molecule has 3 aromatic carbocycles. The number of hydrogen-bond donors (Lipinski definition) is 1. The molecule has 0 heterocycles. The van der Waals surface area contributed by atoms with Gasteiger partial charge in [0.25, 0.3) is 5.91 Å². The van der Waals surface area contributed by atoms with Crippen LogP contribution in [0.5, 0.6) is 11.5 Å². The van der Waals surface area contributed by atoms with Gasteiger partial charge in [-0.15, -0.1) is 0 Å². The van der Waals surface area contributed by atoms with Crippen molar-refractivity contribution in [2.45, 2.75) is 6.04 Å². The number of carbonyl (C=O) groups is 2. The molecule has 5 nitrogen and oxygen atoms in total. The zero-order valence-corrected chi connectivity index (χ0v) is 15.5. The van der Waals surface area contributed by atoms with Gasteiger partial charge in [0.1, 0.15) is 11.5 Å². The standard InChI is InChI=1S/C23H21NO4/c1-27-20-12-13-21(19(14-20)15-25)28-16-22(26)24-23(17-8-4-2-5-9-17)18-10-6-3-7-11-18/h2-15,23H,16H2,1H3,(H,24,26). The van der Waals surface area contributed by atoms with Crippen LogP contribution in [0.3, 0.4) is 0 Å². The number of aldehydes is 1. The number of ether oxygens (including phenoxy) is 2. The van der Waals surface area contributed by atoms with E-state index in [2.05, 4.69) is 5.32 Å². The highest BCUT2D eigenvalue weighted by atomic mass is 16.5. The smallest absolute Gasteiger partial charge is 0.258 e. The fourth-order valence-electron chi connectivity index (χ4n) is 2.87. The molecule has 5 heteroatoms. The van der Waals surface area contributed by atoms with Crippen LogP contribution in [-0.4, -0.2) is 25.9 Å². The van der Waals surface area contributed by atoms with Gasteiger partial charge in [-0.25, -0.2) is 0 Å². The molecule has 0 atom stereocenters. The lowest BCUT2D eigenvalue weighted by Gasteiger charge is -2.20. The molecule has 0 bridgehead atoms. The van der Waals surface area contributed by atoms with E-state index in [1.165, 1.54) is 7.11 Å². The van der Waals surface area contributed by atoms with Crippen molar-refractivity contribution in [3.63, 3.8) is 0 Å². The molecule has 142 valence electrons. The summed E-state index contributed by atoms with van der Waals surface area (Å²) in [5.41, 5.74) is 2.27. The zero-order valence-electron chi connectivity index (χ0n) is 15.5. The van der Waals surface area contributed by atoms with Crippen LogP contribution in [-0.2, 0) is 4.79 Å². The first-order chi connectivity index (χ1) is 13.7. The third-order valence-corrected chi connectivity index (χ3v) is 4.27. The highest BCUT2D eigenvalue weighted by molar-refractivity contribution is 5.81. The number of hydrogen-bond acceptors (Lipinski definition) is 4. The van der Waals surface area contributed by atoms with Crippen molar-refractivity contribution < 1.29 is 19.1 Å². The number of benzene rings is 3. The first-order valence-corrected chi connectivity index (χ1v) is 8.86. The first kappa shape index (κ1) is 19.2. The number of nitrogens with one attached hydrogen (secondary N) is 1. The molecule has 0 spiro atoms. The van der Waals surface area contributed by atoms with E-state index in [0.29, 0.717) is 23.3 Å². The summed E-state index contributed by atoms with van der Waals surface area (Å²) in [4.78, 5) is 23.8. The van der Waals surface area contributed by atoms with E-state index in [0.717, 1.165) is 11.1 Å². The minimum absolute atomic E-state index is 0.205. The Balaban J connectivity index is 1.72. The van der Waals surface area contributed by atoms with E-state index in [4.69, 9.17) is 9.47 Å². The highest BCUT2D eigenvalue weighted by Crippen LogP contribution is 2.24. The van der Waals surface area contributed by atoms with Crippen LogP contribution in [0, 0.1) is 0 Å². The van der Waals surface area contributed by atoms with E-state index < -0.39 is 0 Å². The quantitative estimate of drug-likeness (QED) is 0.609. The predicted octanol–water partition coefficient (Wildman–Crippen LogP) is 3.79. The SMILES string of the molecule is COc1ccc(OCC(=O)NC(c2ccccc2)c2ccccc2)c(C=O)c1. The Labute approximate surface area is 163 Å². The van der Waals surface area contributed by atoms with Gasteiger partial charge >= 0.3 is 0 Å². The molecule has 0 aliphatic rings. The van der Waals surface area contributed by atoms with Crippen LogP contribution in [0.25, 0.3) is 0 Å². The second-order valence-electron chi connectivity index (χ2n) is 6.13. The molecule has 3 rings (SSSR count). The lowest BCUT2D eigenvalue weighted by molar-refractivity contribution is -0.123. The molecule has 0 aliphatic heterocycles. The minimum Gasteiger partial charge on any atom is -0.497 e. The van der Waals surface area contributed by atoms with Crippen molar-refractivity contribution in [2.75, 3.05) is 13.7 Å². The predicted molar refractivity (Wildman–Crippen MR) is 107 cm³/mol. The molecule has 0 aliphatic carbocycles. The molecule has 1 amide bonds. The summed E-state index contributed by atoms with van der Waals surface area (Å²) >= 11 is 0. The topological polar surface area (TPSA) is 64.6 Å². The molecular weight excluding hydrogens is 354 g/mol. The van der Waals surface area contributed by atoms with E-state index in [1.807, 2.05) is 60.7 Å². The lowest BCUT2D eigenvalue weighted by Crippen LogP contribution is -2.33. The van der Waals surface area contributed by atoms with Gasteiger partial charge in [0.2, 0.25) is 0 Å². The second-order valence-corrected chi connectivity index (χ2v) is 6.13. The van der Waals surface area contributed by atoms with E-state index in [-0.39, 0.29) is 18.6 Å². The number of amides is 1. The summed E-state index contributed by atoms with van der Waals surface area (Å²) in [6, 6.07) is 24.0. The Kier molecular flexibility index (Phi) is 6.41. The third kappa shape index (κ3) is 4.76. The summed E-state index contributed by atoms with van der Waals surface area (Å²) < 4.78 is 10.7. The lowest BCUT2D eigenvalue weighted by atomic mass is 9.99. The van der Waals surface area contributed by atoms with Gasteiger partial charge < -0.3 is 14.8 Å². The van der Waals surface area contributed by atoms with E-state index in [1.54, 1.807) is 18.2 Å². The molecule has 0 radical (unpaired) electrons. The maximum absolute atomic E-state index is 12.5. The van der Waals surface area contributed by atoms with Crippen LogP contribution < -0.4 is 14.8 Å². The van der Waals surface area contributed by atoms with Gasteiger partial charge in [0, 0.05) is 0 Å². The van der Waals surface area contributed by atoms with Gasteiger partial charge in [0.05, 0.1) is 18.7 Å². The highest BCUT2D eigenvalue weighted by Gasteiger charge is 2.17. The maximum Gasteiger partial charge on any atom is 0.258 e. The van der Waals surface area contributed by atoms with Gasteiger partial charge in [-0.2, -0.15) is 0 Å². The molecule has 28 heavy (non-hydrogen) atoms. The van der Waals surface area contributed by atoms with Crippen LogP contribution in [0.1, 0.15) is 27.5 Å². The summed E-state index contributed by atoms with van der Waals surface area (Å²) in [6.07, 6.45) is 0.673. The van der Waals surface area contributed by atoms with Crippen molar-refractivity contribution in [1.29, 1.82) is 0 Å². The third-order valence-electron chi connectivity index (χ3n) is 4.27. The largest absolute Gasteiger partial charge is 0.497 e. The normalized spacial score (nSPS) is 10.4. The molecule has 1 N–H and O–H groups in total. The van der Waals surface area contributed by atoms with Gasteiger partial charge in [-0.3, -0.25) is 9.59 Å². The monoisotopic (exact) mass is 375 g/mol. The maximum atomic E-state index is 12.5. The number of carbonyl (C=O) groups excluding carboxylic acids is 2. The second kappa shape index (κ2) is 9.37. The molecule has 0 saturated carbocycles. The molecular formula is C23H21NO4. The zero-order chi connectivity index (χ0) is 19.8. The summed E-state index contributed by atoms with van der Waals surface area (Å²) in [5.74, 6) is 0.597. The van der Waals surface area contributed by atoms with Gasteiger partial charge in [0.15, 0.2) is 12.9 Å². The molecule has 0 aromatic heterocycles. The van der Waals surface area contributed by atoms with Crippen molar-refractivity contribution in [3.05, 3.63) is 95.6 Å². The van der Waals surface area contributed by atoms with Gasteiger partial charge in [-0.1, -0.05) is 60.7 Å². The van der Waals surface area contributed by atoms with Crippen LogP contribution in [0.4, 0.5) is 0 Å². The van der Waals surface area contributed by atoms with E-state index in [9.17, 15) is 9.59 Å². The fourth-order valence-corrected chi connectivity index (χ4v) is 2.87. The van der Waals surface area contributed by atoms with Crippen LogP contribution in [0.2, 0.25) is 0 Å². The van der Waals surface area contributed by atoms with Crippen LogP contribution >= 0.6 is 0 Å². The number of rotatable bonds is 8. The van der Waals surface area contributed by atoms with Crippen molar-refractivity contribution >= 4 is 12.2 Å². The van der Waals surface area contributed by atoms with Crippen LogP contribution in [0.15, 0.2) is 78.9 Å². The summed E-state index contributed by atoms with van der Waals surface area (Å²) in [7, 11) is 1.52. The summed E-state index contributed by atoms with van der Waals surface area (Å²) in [5, 5.41) is 3.00. The Morgan fingerprint density at radius 1 is 0.964 bits per heavy atom. The van der Waals surface area contributed by atoms with Crippen molar-refractivity contribution in [3.8, 4) is 11.5 Å². The minimum atomic E-state index is -0.292. The molecule has 3 aromatic rings. The van der Waals surface area contributed by atoms with Gasteiger partial charge in [-0.05, 0) is 29.3 Å². The first-order valence-electron chi connectivity index (χ1n) is 8.86. The summed E-state index contributed by atoms with van der Waals surface area (Å²) in [6.45, 7) is -0.205. The Bertz CT molecular complexity index is 886. The molecule has 0 fully saturated rings. The molecule has 0 saturated heterocycles. The average molecular weight is 375 g/mol. The fraction of sp³-hybridized carbons (Fsp3) is 0.130. The molecule has 0 unspecified atom stereocenters. The van der Waals surface area contributed by atoms with Crippen molar-refractivity contribution in [2.24, 2.45) is 0 Å². The van der Waals surface area contributed by atoms with E-state index >= 15 is 0 Å². The number of methoxy groups -OCH3 is 1. The Morgan fingerprint density at radius 3 is 2.11 bits per heavy atom. The Hall–Kier alpha value is -3.60.